The molecule has 0 aliphatic carbocycles. The lowest BCUT2D eigenvalue weighted by Gasteiger charge is -2.34. The lowest BCUT2D eigenvalue weighted by atomic mass is 10.2. The summed E-state index contributed by atoms with van der Waals surface area (Å²) in [5.74, 6) is 2.41. The van der Waals surface area contributed by atoms with Crippen LogP contribution in [-0.2, 0) is 13.0 Å². The number of nitriles is 1. The van der Waals surface area contributed by atoms with Gasteiger partial charge in [-0.25, -0.2) is 4.98 Å². The number of aryl methyl sites for hydroxylation is 1. The summed E-state index contributed by atoms with van der Waals surface area (Å²) in [5, 5.41) is 12.8. The van der Waals surface area contributed by atoms with Crippen LogP contribution < -0.4 is 4.90 Å². The van der Waals surface area contributed by atoms with Gasteiger partial charge in [-0.2, -0.15) is 10.2 Å². The van der Waals surface area contributed by atoms with Crippen molar-refractivity contribution in [3.8, 4) is 6.07 Å². The average Bonchev–Trinajstić information content (AvgIpc) is 3.03. The largest absolute Gasteiger partial charge is 0.354 e. The molecule has 2 aromatic heterocycles. The van der Waals surface area contributed by atoms with Crippen LogP contribution in [0.1, 0.15) is 30.6 Å². The molecule has 0 spiro atoms. The Balaban J connectivity index is 1.52. The number of hydrogen-bond donors (Lipinski definition) is 0. The predicted molar refractivity (Wildman–Crippen MR) is 84.7 cm³/mol. The molecule has 0 N–H and O–H groups in total. The van der Waals surface area contributed by atoms with Gasteiger partial charge in [0.1, 0.15) is 11.9 Å². The van der Waals surface area contributed by atoms with E-state index in [4.69, 9.17) is 9.78 Å². The summed E-state index contributed by atoms with van der Waals surface area (Å²) in [5.41, 5.74) is 0.590. The van der Waals surface area contributed by atoms with Gasteiger partial charge in [-0.15, -0.1) is 0 Å². The number of nitrogens with zero attached hydrogens (tertiary/aromatic N) is 6. The maximum absolute atomic E-state index is 8.82. The van der Waals surface area contributed by atoms with E-state index >= 15 is 0 Å². The zero-order chi connectivity index (χ0) is 16.1. The average molecular weight is 312 g/mol. The van der Waals surface area contributed by atoms with Crippen LogP contribution >= 0.6 is 0 Å². The molecule has 0 aromatic carbocycles. The molecule has 7 nitrogen and oxygen atoms in total. The SMILES string of the molecule is CCCc1noc(CN2CCN(c3ccc(C#N)cn3)CC2)n1. The number of anilines is 1. The third-order valence-corrected chi connectivity index (χ3v) is 3.92. The third-order valence-electron chi connectivity index (χ3n) is 3.92. The Morgan fingerprint density at radius 2 is 2.09 bits per heavy atom. The number of piperazine rings is 1. The summed E-state index contributed by atoms with van der Waals surface area (Å²) < 4.78 is 5.30. The standard InChI is InChI=1S/C16H20N6O/c1-2-3-14-19-16(23-20-14)12-21-6-8-22(9-7-21)15-5-4-13(10-17)11-18-15/h4-5,11H,2-3,6-9,12H2,1H3. The van der Waals surface area contributed by atoms with Crippen molar-refractivity contribution in [1.82, 2.24) is 20.0 Å². The minimum Gasteiger partial charge on any atom is -0.354 e. The predicted octanol–water partition coefficient (Wildman–Crippen LogP) is 1.61. The molecule has 3 rings (SSSR count). The molecule has 0 bridgehead atoms. The van der Waals surface area contributed by atoms with Crippen LogP contribution in [0, 0.1) is 11.3 Å². The molecule has 120 valence electrons. The molecule has 0 atom stereocenters. The van der Waals surface area contributed by atoms with Crippen LogP contribution in [0.25, 0.3) is 0 Å². The van der Waals surface area contributed by atoms with Gasteiger partial charge >= 0.3 is 0 Å². The monoisotopic (exact) mass is 312 g/mol. The van der Waals surface area contributed by atoms with Crippen molar-refractivity contribution in [2.75, 3.05) is 31.1 Å². The Bertz CT molecular complexity index is 667. The lowest BCUT2D eigenvalue weighted by Crippen LogP contribution is -2.46. The molecule has 0 amide bonds. The van der Waals surface area contributed by atoms with Gasteiger partial charge in [-0.05, 0) is 18.6 Å². The second kappa shape index (κ2) is 7.20. The second-order valence-corrected chi connectivity index (χ2v) is 5.63. The molecule has 7 heteroatoms. The number of hydrogen-bond acceptors (Lipinski definition) is 7. The highest BCUT2D eigenvalue weighted by Crippen LogP contribution is 2.15. The molecule has 1 aliphatic rings. The van der Waals surface area contributed by atoms with Gasteiger partial charge in [0.2, 0.25) is 5.89 Å². The maximum atomic E-state index is 8.82. The Morgan fingerprint density at radius 1 is 1.26 bits per heavy atom. The molecule has 3 heterocycles. The van der Waals surface area contributed by atoms with Gasteiger partial charge < -0.3 is 9.42 Å². The molecule has 2 aromatic rings. The van der Waals surface area contributed by atoms with Crippen molar-refractivity contribution < 1.29 is 4.52 Å². The normalized spacial score (nSPS) is 15.6. The van der Waals surface area contributed by atoms with E-state index in [2.05, 4.69) is 37.9 Å². The van der Waals surface area contributed by atoms with Crippen LogP contribution in [0.4, 0.5) is 5.82 Å². The molecule has 23 heavy (non-hydrogen) atoms. The second-order valence-electron chi connectivity index (χ2n) is 5.63. The zero-order valence-electron chi connectivity index (χ0n) is 13.3. The van der Waals surface area contributed by atoms with E-state index in [0.29, 0.717) is 18.0 Å². The first kappa shape index (κ1) is 15.4. The van der Waals surface area contributed by atoms with Gasteiger partial charge in [0.05, 0.1) is 12.1 Å². The summed E-state index contributed by atoms with van der Waals surface area (Å²) in [7, 11) is 0. The van der Waals surface area contributed by atoms with Gasteiger partial charge in [0.15, 0.2) is 5.82 Å². The molecular weight excluding hydrogens is 292 g/mol. The van der Waals surface area contributed by atoms with Crippen molar-refractivity contribution in [1.29, 1.82) is 5.26 Å². The summed E-state index contributed by atoms with van der Waals surface area (Å²) in [6.45, 7) is 6.45. The smallest absolute Gasteiger partial charge is 0.240 e. The lowest BCUT2D eigenvalue weighted by molar-refractivity contribution is 0.215. The van der Waals surface area contributed by atoms with Gasteiger partial charge in [-0.1, -0.05) is 12.1 Å². The summed E-state index contributed by atoms with van der Waals surface area (Å²) in [6, 6.07) is 5.80. The highest BCUT2D eigenvalue weighted by molar-refractivity contribution is 5.42. The highest BCUT2D eigenvalue weighted by atomic mass is 16.5. The van der Waals surface area contributed by atoms with Crippen LogP contribution in [0.5, 0.6) is 0 Å². The first-order valence-electron chi connectivity index (χ1n) is 7.93. The molecule has 1 fully saturated rings. The first-order chi connectivity index (χ1) is 11.3. The third kappa shape index (κ3) is 3.85. The topological polar surface area (TPSA) is 82.1 Å². The zero-order valence-corrected chi connectivity index (χ0v) is 13.3. The maximum Gasteiger partial charge on any atom is 0.240 e. The summed E-state index contributed by atoms with van der Waals surface area (Å²) in [6.07, 6.45) is 3.51. The fourth-order valence-electron chi connectivity index (χ4n) is 2.65. The molecule has 0 saturated carbocycles. The van der Waals surface area contributed by atoms with Crippen molar-refractivity contribution >= 4 is 5.82 Å². The van der Waals surface area contributed by atoms with E-state index in [9.17, 15) is 0 Å². The van der Waals surface area contributed by atoms with Gasteiger partial charge in [0.25, 0.3) is 0 Å². The van der Waals surface area contributed by atoms with Crippen LogP contribution in [0.3, 0.4) is 0 Å². The Morgan fingerprint density at radius 3 is 2.74 bits per heavy atom. The van der Waals surface area contributed by atoms with Crippen molar-refractivity contribution in [3.05, 3.63) is 35.6 Å². The Hall–Kier alpha value is -2.46. The van der Waals surface area contributed by atoms with Crippen molar-refractivity contribution in [2.24, 2.45) is 0 Å². The highest BCUT2D eigenvalue weighted by Gasteiger charge is 2.20. The number of pyridine rings is 1. The fourth-order valence-corrected chi connectivity index (χ4v) is 2.65. The van der Waals surface area contributed by atoms with Crippen LogP contribution in [0.2, 0.25) is 0 Å². The molecular formula is C16H20N6O. The minimum atomic E-state index is 0.590. The van der Waals surface area contributed by atoms with E-state index in [0.717, 1.165) is 50.7 Å². The molecule has 1 aliphatic heterocycles. The summed E-state index contributed by atoms with van der Waals surface area (Å²) in [4.78, 5) is 13.3. The van der Waals surface area contributed by atoms with E-state index in [1.165, 1.54) is 0 Å². The quantitative estimate of drug-likeness (QED) is 0.829. The van der Waals surface area contributed by atoms with Crippen LogP contribution in [-0.4, -0.2) is 46.2 Å². The van der Waals surface area contributed by atoms with E-state index in [-0.39, 0.29) is 0 Å². The van der Waals surface area contributed by atoms with Crippen molar-refractivity contribution in [3.63, 3.8) is 0 Å². The first-order valence-corrected chi connectivity index (χ1v) is 7.93. The molecule has 0 radical (unpaired) electrons. The molecule has 0 unspecified atom stereocenters. The van der Waals surface area contributed by atoms with E-state index in [1.54, 1.807) is 6.20 Å². The summed E-state index contributed by atoms with van der Waals surface area (Å²) >= 11 is 0. The Kier molecular flexibility index (Phi) is 4.83. The van der Waals surface area contributed by atoms with E-state index < -0.39 is 0 Å². The minimum absolute atomic E-state index is 0.590. The van der Waals surface area contributed by atoms with Gasteiger partial charge in [-0.3, -0.25) is 4.90 Å². The molecule has 1 saturated heterocycles. The van der Waals surface area contributed by atoms with Crippen molar-refractivity contribution in [2.45, 2.75) is 26.3 Å². The van der Waals surface area contributed by atoms with E-state index in [1.807, 2.05) is 12.1 Å². The number of aromatic nitrogens is 3. The van der Waals surface area contributed by atoms with Crippen LogP contribution in [0.15, 0.2) is 22.9 Å². The Labute approximate surface area is 135 Å². The number of rotatable bonds is 5. The van der Waals surface area contributed by atoms with Gasteiger partial charge in [0, 0.05) is 38.8 Å². The fraction of sp³-hybridized carbons (Fsp3) is 0.500.